The Morgan fingerprint density at radius 3 is 2.56 bits per heavy atom. The Balaban J connectivity index is 1.79. The first-order valence-corrected chi connectivity index (χ1v) is 12.5. The van der Waals surface area contributed by atoms with Gasteiger partial charge in [0.2, 0.25) is 5.91 Å². The average molecular weight is 471 g/mol. The fraction of sp³-hybridized carbons (Fsp3) is 0.615. The molecule has 3 rings (SSSR count). The summed E-state index contributed by atoms with van der Waals surface area (Å²) >= 11 is 0. The predicted molar refractivity (Wildman–Crippen MR) is 131 cm³/mol. The van der Waals surface area contributed by atoms with Crippen LogP contribution in [0.3, 0.4) is 0 Å². The number of ether oxygens (including phenoxy) is 1. The third kappa shape index (κ3) is 6.36. The number of benzene rings is 1. The number of hydrogen-bond donors (Lipinski definition) is 2. The number of carbonyl (C=O) groups excluding carboxylic acids is 3. The molecule has 1 aromatic heterocycles. The molecule has 0 bridgehead atoms. The van der Waals surface area contributed by atoms with E-state index in [0.717, 1.165) is 49.8 Å². The Morgan fingerprint density at radius 2 is 1.91 bits per heavy atom. The summed E-state index contributed by atoms with van der Waals surface area (Å²) in [5.74, 6) is -0.219. The van der Waals surface area contributed by atoms with Crippen LogP contribution in [0.15, 0.2) is 18.2 Å². The topological polar surface area (TPSA) is 104 Å². The van der Waals surface area contributed by atoms with Gasteiger partial charge in [-0.3, -0.25) is 14.4 Å². The SMILES string of the molecule is CCCC[C@H](CC(=O)OC)C(=O)N[C@H](c1nc2ccc(C(=O)N3CCCCC3)cc2[nH]1)C(C)C. The molecule has 2 heterocycles. The van der Waals surface area contributed by atoms with E-state index >= 15 is 0 Å². The van der Waals surface area contributed by atoms with E-state index in [0.29, 0.717) is 17.8 Å². The Labute approximate surface area is 201 Å². The highest BCUT2D eigenvalue weighted by Crippen LogP contribution is 2.25. The Bertz CT molecular complexity index is 994. The second kappa shape index (κ2) is 12.0. The molecule has 0 saturated carbocycles. The zero-order chi connectivity index (χ0) is 24.7. The first kappa shape index (κ1) is 25.7. The van der Waals surface area contributed by atoms with Gasteiger partial charge in [-0.25, -0.2) is 4.98 Å². The van der Waals surface area contributed by atoms with Gasteiger partial charge in [0.25, 0.3) is 5.91 Å². The van der Waals surface area contributed by atoms with Gasteiger partial charge in [-0.15, -0.1) is 0 Å². The minimum Gasteiger partial charge on any atom is -0.469 e. The summed E-state index contributed by atoms with van der Waals surface area (Å²) in [4.78, 5) is 47.8. The van der Waals surface area contributed by atoms with E-state index in [1.54, 1.807) is 0 Å². The molecule has 186 valence electrons. The van der Waals surface area contributed by atoms with Gasteiger partial charge in [0.1, 0.15) is 5.82 Å². The highest BCUT2D eigenvalue weighted by Gasteiger charge is 2.28. The zero-order valence-corrected chi connectivity index (χ0v) is 20.9. The maximum atomic E-state index is 13.1. The van der Waals surface area contributed by atoms with Gasteiger partial charge >= 0.3 is 5.97 Å². The number of nitrogens with one attached hydrogen (secondary N) is 2. The minimum absolute atomic E-state index is 0.0491. The van der Waals surface area contributed by atoms with Crippen LogP contribution in [0.5, 0.6) is 0 Å². The highest BCUT2D eigenvalue weighted by molar-refractivity contribution is 5.97. The molecule has 2 N–H and O–H groups in total. The van der Waals surface area contributed by atoms with E-state index in [-0.39, 0.29) is 36.2 Å². The van der Waals surface area contributed by atoms with Gasteiger partial charge in [0.15, 0.2) is 0 Å². The van der Waals surface area contributed by atoms with E-state index < -0.39 is 5.92 Å². The van der Waals surface area contributed by atoms with Crippen LogP contribution in [-0.2, 0) is 14.3 Å². The summed E-state index contributed by atoms with van der Waals surface area (Å²) < 4.78 is 4.79. The number of likely N-dealkylation sites (tertiary alicyclic amines) is 1. The van der Waals surface area contributed by atoms with Crippen LogP contribution >= 0.6 is 0 Å². The number of imidazole rings is 1. The van der Waals surface area contributed by atoms with Crippen molar-refractivity contribution in [3.63, 3.8) is 0 Å². The van der Waals surface area contributed by atoms with Crippen LogP contribution in [-0.4, -0.2) is 52.9 Å². The molecule has 1 aliphatic heterocycles. The van der Waals surface area contributed by atoms with Crippen LogP contribution in [0.2, 0.25) is 0 Å². The fourth-order valence-corrected chi connectivity index (χ4v) is 4.47. The van der Waals surface area contributed by atoms with Gasteiger partial charge in [0.05, 0.1) is 30.6 Å². The zero-order valence-electron chi connectivity index (χ0n) is 20.9. The number of nitrogens with zero attached hydrogens (tertiary/aromatic N) is 2. The Morgan fingerprint density at radius 1 is 1.18 bits per heavy atom. The number of amides is 2. The smallest absolute Gasteiger partial charge is 0.306 e. The van der Waals surface area contributed by atoms with Crippen LogP contribution in [0.25, 0.3) is 11.0 Å². The van der Waals surface area contributed by atoms with Crippen molar-refractivity contribution in [1.82, 2.24) is 20.2 Å². The third-order valence-corrected chi connectivity index (χ3v) is 6.57. The number of rotatable bonds is 10. The maximum absolute atomic E-state index is 13.1. The van der Waals surface area contributed by atoms with Crippen molar-refractivity contribution in [2.75, 3.05) is 20.2 Å². The molecule has 1 saturated heterocycles. The lowest BCUT2D eigenvalue weighted by atomic mass is 9.95. The third-order valence-electron chi connectivity index (χ3n) is 6.57. The second-order valence-corrected chi connectivity index (χ2v) is 9.56. The molecule has 2 atom stereocenters. The number of esters is 1. The van der Waals surface area contributed by atoms with Crippen molar-refractivity contribution in [1.29, 1.82) is 0 Å². The molecule has 2 amide bonds. The average Bonchev–Trinajstić information content (AvgIpc) is 3.27. The first-order valence-electron chi connectivity index (χ1n) is 12.5. The number of aromatic nitrogens is 2. The summed E-state index contributed by atoms with van der Waals surface area (Å²) in [5, 5.41) is 3.11. The van der Waals surface area contributed by atoms with Crippen molar-refractivity contribution >= 4 is 28.8 Å². The highest BCUT2D eigenvalue weighted by atomic mass is 16.5. The molecular weight excluding hydrogens is 432 g/mol. The monoisotopic (exact) mass is 470 g/mol. The molecule has 8 nitrogen and oxygen atoms in total. The van der Waals surface area contributed by atoms with E-state index in [1.807, 2.05) is 36.9 Å². The molecule has 0 spiro atoms. The summed E-state index contributed by atoms with van der Waals surface area (Å²) in [6.07, 6.45) is 5.77. The molecule has 0 radical (unpaired) electrons. The largest absolute Gasteiger partial charge is 0.469 e. The summed E-state index contributed by atoms with van der Waals surface area (Å²) in [6, 6.07) is 5.18. The first-order chi connectivity index (χ1) is 16.3. The second-order valence-electron chi connectivity index (χ2n) is 9.56. The number of unbranched alkanes of at least 4 members (excludes halogenated alkanes) is 1. The lowest BCUT2D eigenvalue weighted by molar-refractivity contribution is -0.144. The molecule has 2 aromatic rings. The molecule has 1 aromatic carbocycles. The number of aromatic amines is 1. The summed E-state index contributed by atoms with van der Waals surface area (Å²) in [6.45, 7) is 7.70. The van der Waals surface area contributed by atoms with Crippen molar-refractivity contribution in [3.05, 3.63) is 29.6 Å². The van der Waals surface area contributed by atoms with E-state index in [4.69, 9.17) is 9.72 Å². The lowest BCUT2D eigenvalue weighted by Crippen LogP contribution is -2.37. The molecule has 0 aliphatic carbocycles. The van der Waals surface area contributed by atoms with Crippen molar-refractivity contribution < 1.29 is 19.1 Å². The van der Waals surface area contributed by atoms with E-state index in [1.165, 1.54) is 13.5 Å². The van der Waals surface area contributed by atoms with Crippen molar-refractivity contribution in [2.45, 2.75) is 71.8 Å². The van der Waals surface area contributed by atoms with E-state index in [2.05, 4.69) is 17.2 Å². The van der Waals surface area contributed by atoms with Gasteiger partial charge in [-0.2, -0.15) is 0 Å². The van der Waals surface area contributed by atoms with Gasteiger partial charge < -0.3 is 19.9 Å². The standard InChI is InChI=1S/C26H38N4O4/c1-5-6-10-18(16-22(31)34-4)25(32)29-23(17(2)3)24-27-20-12-11-19(15-21(20)28-24)26(33)30-13-8-7-9-14-30/h11-12,15,17-18,23H,5-10,13-14,16H2,1-4H3,(H,27,28)(H,29,32)/t18-,23+/m1/s1. The number of piperidine rings is 1. The van der Waals surface area contributed by atoms with Crippen LogP contribution < -0.4 is 5.32 Å². The molecule has 8 heteroatoms. The molecule has 1 aliphatic rings. The van der Waals surface area contributed by atoms with Crippen molar-refractivity contribution in [3.8, 4) is 0 Å². The number of H-pyrrole nitrogens is 1. The lowest BCUT2D eigenvalue weighted by Gasteiger charge is -2.26. The van der Waals surface area contributed by atoms with Crippen LogP contribution in [0.4, 0.5) is 0 Å². The van der Waals surface area contributed by atoms with Crippen LogP contribution in [0, 0.1) is 11.8 Å². The van der Waals surface area contributed by atoms with Gasteiger partial charge in [0, 0.05) is 24.6 Å². The van der Waals surface area contributed by atoms with Gasteiger partial charge in [-0.1, -0.05) is 33.6 Å². The van der Waals surface area contributed by atoms with Crippen LogP contribution in [0.1, 0.15) is 87.9 Å². The fourth-order valence-electron chi connectivity index (χ4n) is 4.47. The number of fused-ring (bicyclic) bond motifs is 1. The summed E-state index contributed by atoms with van der Waals surface area (Å²) in [5.41, 5.74) is 2.17. The minimum atomic E-state index is -0.438. The Kier molecular flexibility index (Phi) is 9.07. The maximum Gasteiger partial charge on any atom is 0.306 e. The number of carbonyl (C=O) groups is 3. The Hall–Kier alpha value is -2.90. The van der Waals surface area contributed by atoms with Crippen molar-refractivity contribution in [2.24, 2.45) is 11.8 Å². The summed E-state index contributed by atoms with van der Waals surface area (Å²) in [7, 11) is 1.34. The predicted octanol–water partition coefficient (Wildman–Crippen LogP) is 4.37. The van der Waals surface area contributed by atoms with E-state index in [9.17, 15) is 14.4 Å². The number of methoxy groups -OCH3 is 1. The normalized spacial score (nSPS) is 15.9. The quantitative estimate of drug-likeness (QED) is 0.502. The molecule has 34 heavy (non-hydrogen) atoms. The molecule has 1 fully saturated rings. The molecule has 0 unspecified atom stereocenters. The molecular formula is C26H38N4O4. The van der Waals surface area contributed by atoms with Gasteiger partial charge in [-0.05, 0) is 49.8 Å². The number of hydrogen-bond acceptors (Lipinski definition) is 5.